The van der Waals surface area contributed by atoms with Gasteiger partial charge in [0.1, 0.15) is 5.78 Å². The maximum Gasteiger partial charge on any atom is 0.224 e. The molecule has 1 aliphatic heterocycles. The van der Waals surface area contributed by atoms with Crippen LogP contribution in [-0.4, -0.2) is 55.3 Å². The normalized spacial score (nSPS) is 20.2. The molecule has 0 atom stereocenters. The highest BCUT2D eigenvalue weighted by Crippen LogP contribution is 2.46. The lowest BCUT2D eigenvalue weighted by Gasteiger charge is -2.45. The van der Waals surface area contributed by atoms with Crippen molar-refractivity contribution in [2.75, 3.05) is 32.8 Å². The molecule has 0 bridgehead atoms. The van der Waals surface area contributed by atoms with E-state index in [0.29, 0.717) is 38.0 Å². The molecule has 0 radical (unpaired) electrons. The Hall–Kier alpha value is -1.43. The highest BCUT2D eigenvalue weighted by molar-refractivity contribution is 5.78. The number of carbonyl (C=O) groups excluding carboxylic acids is 3. The molecule has 0 aromatic heterocycles. The molecule has 26 heavy (non-hydrogen) atoms. The second-order valence-electron chi connectivity index (χ2n) is 7.86. The van der Waals surface area contributed by atoms with Crippen LogP contribution in [0.15, 0.2) is 0 Å². The third kappa shape index (κ3) is 6.08. The Balaban J connectivity index is 1.66. The van der Waals surface area contributed by atoms with Gasteiger partial charge in [0.25, 0.3) is 0 Å². The summed E-state index contributed by atoms with van der Waals surface area (Å²) in [6, 6.07) is 0. The van der Waals surface area contributed by atoms with Gasteiger partial charge < -0.3 is 15.0 Å². The van der Waals surface area contributed by atoms with Gasteiger partial charge in [-0.3, -0.25) is 14.4 Å². The van der Waals surface area contributed by atoms with Crippen molar-refractivity contribution in [1.82, 2.24) is 10.2 Å². The van der Waals surface area contributed by atoms with Crippen molar-refractivity contribution in [3.8, 4) is 0 Å². The van der Waals surface area contributed by atoms with Crippen LogP contribution in [0.3, 0.4) is 0 Å². The van der Waals surface area contributed by atoms with E-state index in [1.807, 2.05) is 11.8 Å². The number of hydrogen-bond donors (Lipinski definition) is 1. The molecule has 0 unspecified atom stereocenters. The first-order valence-electron chi connectivity index (χ1n) is 10.1. The van der Waals surface area contributed by atoms with Crippen LogP contribution in [0.25, 0.3) is 0 Å². The first-order valence-corrected chi connectivity index (χ1v) is 10.1. The standard InChI is InChI=1S/C20H34N2O4/c1-3-21-19(25)17-4-8-20(9-5-17)10-12-22(13-11-20)18(24)7-15-26-14-6-16(2)23/h17H,3-15H2,1-2H3,(H,21,25). The van der Waals surface area contributed by atoms with Gasteiger partial charge in [0.05, 0.1) is 19.6 Å². The second kappa shape index (κ2) is 10.0. The molecule has 0 aromatic rings. The van der Waals surface area contributed by atoms with E-state index in [9.17, 15) is 14.4 Å². The monoisotopic (exact) mass is 366 g/mol. The van der Waals surface area contributed by atoms with Gasteiger partial charge in [-0.05, 0) is 57.8 Å². The lowest BCUT2D eigenvalue weighted by Crippen LogP contribution is -2.45. The summed E-state index contributed by atoms with van der Waals surface area (Å²) in [5.74, 6) is 0.644. The van der Waals surface area contributed by atoms with Crippen molar-refractivity contribution in [2.45, 2.75) is 65.2 Å². The smallest absolute Gasteiger partial charge is 0.224 e. The van der Waals surface area contributed by atoms with Crippen LogP contribution in [0.4, 0.5) is 0 Å². The number of nitrogens with zero attached hydrogens (tertiary/aromatic N) is 1. The molecule has 1 saturated carbocycles. The molecule has 2 rings (SSSR count). The zero-order chi connectivity index (χ0) is 19.0. The van der Waals surface area contributed by atoms with Crippen molar-refractivity contribution in [3.63, 3.8) is 0 Å². The van der Waals surface area contributed by atoms with E-state index >= 15 is 0 Å². The van der Waals surface area contributed by atoms with E-state index < -0.39 is 0 Å². The molecular formula is C20H34N2O4. The van der Waals surface area contributed by atoms with Crippen LogP contribution in [0.2, 0.25) is 0 Å². The summed E-state index contributed by atoms with van der Waals surface area (Å²) in [6.07, 6.45) is 7.06. The van der Waals surface area contributed by atoms with Crippen LogP contribution >= 0.6 is 0 Å². The largest absolute Gasteiger partial charge is 0.380 e. The average Bonchev–Trinajstić information content (AvgIpc) is 2.62. The van der Waals surface area contributed by atoms with Gasteiger partial charge in [0.15, 0.2) is 0 Å². The lowest BCUT2D eigenvalue weighted by atomic mass is 9.65. The fourth-order valence-corrected chi connectivity index (χ4v) is 4.18. The number of Topliss-reactive ketones (excluding diaryl/α,β-unsaturated/α-hetero) is 1. The molecule has 1 N–H and O–H groups in total. The number of likely N-dealkylation sites (tertiary alicyclic amines) is 1. The van der Waals surface area contributed by atoms with Crippen molar-refractivity contribution < 1.29 is 19.1 Å². The zero-order valence-corrected chi connectivity index (χ0v) is 16.3. The highest BCUT2D eigenvalue weighted by Gasteiger charge is 2.40. The topological polar surface area (TPSA) is 75.7 Å². The number of ether oxygens (including phenoxy) is 1. The average molecular weight is 367 g/mol. The fourth-order valence-electron chi connectivity index (χ4n) is 4.18. The zero-order valence-electron chi connectivity index (χ0n) is 16.3. The number of rotatable bonds is 8. The number of piperidine rings is 1. The van der Waals surface area contributed by atoms with E-state index in [1.165, 1.54) is 0 Å². The van der Waals surface area contributed by atoms with Gasteiger partial charge in [-0.2, -0.15) is 0 Å². The minimum Gasteiger partial charge on any atom is -0.380 e. The molecule has 6 heteroatoms. The van der Waals surface area contributed by atoms with Gasteiger partial charge in [-0.25, -0.2) is 0 Å². The van der Waals surface area contributed by atoms with Gasteiger partial charge in [-0.1, -0.05) is 0 Å². The molecular weight excluding hydrogens is 332 g/mol. The predicted octanol–water partition coefficient (Wildman–Crippen LogP) is 2.31. The number of nitrogens with one attached hydrogen (secondary N) is 1. The van der Waals surface area contributed by atoms with E-state index in [2.05, 4.69) is 5.32 Å². The summed E-state index contributed by atoms with van der Waals surface area (Å²) in [5, 5.41) is 2.94. The first kappa shape index (κ1) is 20.9. The number of hydrogen-bond acceptors (Lipinski definition) is 4. The van der Waals surface area contributed by atoms with Crippen LogP contribution in [0.5, 0.6) is 0 Å². The van der Waals surface area contributed by atoms with Crippen LogP contribution < -0.4 is 5.32 Å². The van der Waals surface area contributed by atoms with Gasteiger partial charge in [0.2, 0.25) is 11.8 Å². The van der Waals surface area contributed by atoms with Crippen molar-refractivity contribution in [1.29, 1.82) is 0 Å². The first-order chi connectivity index (χ1) is 12.5. The summed E-state index contributed by atoms with van der Waals surface area (Å²) >= 11 is 0. The minimum absolute atomic E-state index is 0.111. The van der Waals surface area contributed by atoms with Crippen LogP contribution in [0, 0.1) is 11.3 Å². The molecule has 1 saturated heterocycles. The maximum atomic E-state index is 12.3. The van der Waals surface area contributed by atoms with Crippen LogP contribution in [-0.2, 0) is 19.1 Å². The molecule has 2 aliphatic rings. The Morgan fingerprint density at radius 3 is 2.23 bits per heavy atom. The lowest BCUT2D eigenvalue weighted by molar-refractivity contribution is -0.135. The Labute approximate surface area is 157 Å². The molecule has 0 aromatic carbocycles. The summed E-state index contributed by atoms with van der Waals surface area (Å²) in [4.78, 5) is 37.1. The quantitative estimate of drug-likeness (QED) is 0.669. The third-order valence-corrected chi connectivity index (χ3v) is 6.00. The summed E-state index contributed by atoms with van der Waals surface area (Å²) in [5.41, 5.74) is 0.331. The maximum absolute atomic E-state index is 12.3. The Morgan fingerprint density at radius 2 is 1.65 bits per heavy atom. The summed E-state index contributed by atoms with van der Waals surface area (Å²) in [7, 11) is 0. The number of ketones is 1. The van der Waals surface area contributed by atoms with Gasteiger partial charge in [-0.15, -0.1) is 0 Å². The van der Waals surface area contributed by atoms with Gasteiger partial charge >= 0.3 is 0 Å². The van der Waals surface area contributed by atoms with Crippen molar-refractivity contribution in [2.24, 2.45) is 11.3 Å². The number of carbonyl (C=O) groups is 3. The SMILES string of the molecule is CCNC(=O)C1CCC2(CC1)CCN(C(=O)CCOCCC(C)=O)CC2. The molecule has 1 spiro atoms. The molecule has 1 aliphatic carbocycles. The van der Waals surface area contributed by atoms with E-state index in [4.69, 9.17) is 4.74 Å². The van der Waals surface area contributed by atoms with Crippen molar-refractivity contribution in [3.05, 3.63) is 0 Å². The third-order valence-electron chi connectivity index (χ3n) is 6.00. The predicted molar refractivity (Wildman–Crippen MR) is 99.6 cm³/mol. The van der Waals surface area contributed by atoms with Crippen LogP contribution in [0.1, 0.15) is 65.2 Å². The second-order valence-corrected chi connectivity index (χ2v) is 7.86. The fraction of sp³-hybridized carbons (Fsp3) is 0.850. The Kier molecular flexibility index (Phi) is 8.07. The molecule has 1 heterocycles. The highest BCUT2D eigenvalue weighted by atomic mass is 16.5. The van der Waals surface area contributed by atoms with Gasteiger partial charge in [0, 0.05) is 32.0 Å². The van der Waals surface area contributed by atoms with Crippen molar-refractivity contribution >= 4 is 17.6 Å². The van der Waals surface area contributed by atoms with E-state index in [1.54, 1.807) is 6.92 Å². The van der Waals surface area contributed by atoms with E-state index in [-0.39, 0.29) is 23.5 Å². The molecule has 2 fully saturated rings. The molecule has 6 nitrogen and oxygen atoms in total. The Morgan fingerprint density at radius 1 is 1.04 bits per heavy atom. The summed E-state index contributed by atoms with van der Waals surface area (Å²) in [6.45, 7) is 6.64. The summed E-state index contributed by atoms with van der Waals surface area (Å²) < 4.78 is 5.36. The number of amides is 2. The van der Waals surface area contributed by atoms with E-state index in [0.717, 1.165) is 51.6 Å². The molecule has 2 amide bonds. The Bertz CT molecular complexity index is 488. The minimum atomic E-state index is 0.111. The molecule has 148 valence electrons.